The molecular weight excluding hydrogens is 304 g/mol. The standard InChI is InChI=1S/C19H22N2O3/c1-12-5-10-18(13(2)11-12)20-19(14(3)15(4)22)16-6-8-17(9-7-16)21(23)24/h5-11,14,19-20H,1-4H3/t14-,19+/m0/s1. The van der Waals surface area contributed by atoms with Gasteiger partial charge in [0.05, 0.1) is 11.0 Å². The molecule has 0 amide bonds. The third kappa shape index (κ3) is 3.98. The van der Waals surface area contributed by atoms with Crippen LogP contribution < -0.4 is 5.32 Å². The molecule has 0 heterocycles. The first-order chi connectivity index (χ1) is 11.3. The highest BCUT2D eigenvalue weighted by molar-refractivity contribution is 5.79. The number of nitro groups is 1. The summed E-state index contributed by atoms with van der Waals surface area (Å²) in [7, 11) is 0. The molecule has 0 spiro atoms. The van der Waals surface area contributed by atoms with E-state index >= 15 is 0 Å². The molecule has 0 unspecified atom stereocenters. The van der Waals surface area contributed by atoms with Crippen LogP contribution in [0.4, 0.5) is 11.4 Å². The van der Waals surface area contributed by atoms with Crippen LogP contribution in [0.5, 0.6) is 0 Å². The fourth-order valence-corrected chi connectivity index (χ4v) is 2.68. The van der Waals surface area contributed by atoms with E-state index in [1.165, 1.54) is 17.7 Å². The summed E-state index contributed by atoms with van der Waals surface area (Å²) in [6.45, 7) is 7.47. The zero-order chi connectivity index (χ0) is 17.9. The lowest BCUT2D eigenvalue weighted by molar-refractivity contribution is -0.384. The number of rotatable bonds is 6. The van der Waals surface area contributed by atoms with E-state index in [2.05, 4.69) is 11.4 Å². The molecule has 0 saturated carbocycles. The number of anilines is 1. The summed E-state index contributed by atoms with van der Waals surface area (Å²) < 4.78 is 0. The summed E-state index contributed by atoms with van der Waals surface area (Å²) >= 11 is 0. The van der Waals surface area contributed by atoms with Gasteiger partial charge in [-0.2, -0.15) is 0 Å². The van der Waals surface area contributed by atoms with Crippen LogP contribution in [0.3, 0.4) is 0 Å². The molecule has 5 nitrogen and oxygen atoms in total. The van der Waals surface area contributed by atoms with Crippen molar-refractivity contribution in [3.05, 3.63) is 69.3 Å². The number of Topliss-reactive ketones (excluding diaryl/α,β-unsaturated/α-hetero) is 1. The van der Waals surface area contributed by atoms with Gasteiger partial charge in [0.25, 0.3) is 5.69 Å². The quantitative estimate of drug-likeness (QED) is 0.622. The maximum Gasteiger partial charge on any atom is 0.269 e. The number of ketones is 1. The highest BCUT2D eigenvalue weighted by Crippen LogP contribution is 2.30. The molecule has 2 aromatic carbocycles. The van der Waals surface area contributed by atoms with Gasteiger partial charge in [-0.3, -0.25) is 14.9 Å². The van der Waals surface area contributed by atoms with Gasteiger partial charge in [0.15, 0.2) is 0 Å². The minimum Gasteiger partial charge on any atom is -0.377 e. The van der Waals surface area contributed by atoms with Crippen molar-refractivity contribution in [3.63, 3.8) is 0 Å². The van der Waals surface area contributed by atoms with Crippen molar-refractivity contribution >= 4 is 17.2 Å². The van der Waals surface area contributed by atoms with Crippen molar-refractivity contribution in [2.24, 2.45) is 5.92 Å². The van der Waals surface area contributed by atoms with Gasteiger partial charge in [0, 0.05) is 23.7 Å². The fourth-order valence-electron chi connectivity index (χ4n) is 2.68. The lowest BCUT2D eigenvalue weighted by Crippen LogP contribution is -2.24. The van der Waals surface area contributed by atoms with Gasteiger partial charge in [-0.05, 0) is 38.0 Å². The van der Waals surface area contributed by atoms with Gasteiger partial charge >= 0.3 is 0 Å². The highest BCUT2D eigenvalue weighted by Gasteiger charge is 2.24. The molecule has 5 heteroatoms. The van der Waals surface area contributed by atoms with Crippen LogP contribution in [0.1, 0.15) is 36.6 Å². The van der Waals surface area contributed by atoms with Gasteiger partial charge in [-0.25, -0.2) is 0 Å². The van der Waals surface area contributed by atoms with Gasteiger partial charge in [-0.1, -0.05) is 36.8 Å². The number of hydrogen-bond acceptors (Lipinski definition) is 4. The normalized spacial score (nSPS) is 13.2. The van der Waals surface area contributed by atoms with Crippen molar-refractivity contribution < 1.29 is 9.72 Å². The van der Waals surface area contributed by atoms with Crippen LogP contribution in [0.15, 0.2) is 42.5 Å². The Hall–Kier alpha value is -2.69. The van der Waals surface area contributed by atoms with Crippen molar-refractivity contribution in [3.8, 4) is 0 Å². The van der Waals surface area contributed by atoms with Crippen molar-refractivity contribution in [1.82, 2.24) is 0 Å². The Morgan fingerprint density at radius 2 is 1.75 bits per heavy atom. The first-order valence-corrected chi connectivity index (χ1v) is 7.88. The molecule has 0 fully saturated rings. The predicted molar refractivity (Wildman–Crippen MR) is 95.2 cm³/mol. The van der Waals surface area contributed by atoms with Crippen LogP contribution in [0.25, 0.3) is 0 Å². The van der Waals surface area contributed by atoms with Gasteiger partial charge < -0.3 is 5.32 Å². The fraction of sp³-hybridized carbons (Fsp3) is 0.316. The number of nitrogens with one attached hydrogen (secondary N) is 1. The number of aryl methyl sites for hydroxylation is 2. The van der Waals surface area contributed by atoms with Gasteiger partial charge in [-0.15, -0.1) is 0 Å². The number of nitrogens with zero attached hydrogens (tertiary/aromatic N) is 1. The molecule has 0 aliphatic rings. The van der Waals surface area contributed by atoms with E-state index in [-0.39, 0.29) is 23.4 Å². The van der Waals surface area contributed by atoms with E-state index in [0.29, 0.717) is 0 Å². The van der Waals surface area contributed by atoms with Crippen LogP contribution in [0, 0.1) is 29.9 Å². The van der Waals surface area contributed by atoms with Crippen molar-refractivity contribution in [2.45, 2.75) is 33.7 Å². The number of carbonyl (C=O) groups is 1. The summed E-state index contributed by atoms with van der Waals surface area (Å²) in [4.78, 5) is 22.3. The van der Waals surface area contributed by atoms with Crippen LogP contribution in [0.2, 0.25) is 0 Å². The minimum absolute atomic E-state index is 0.0412. The molecule has 2 aromatic rings. The molecule has 0 bridgehead atoms. The van der Waals surface area contributed by atoms with E-state index in [0.717, 1.165) is 16.8 Å². The Bertz CT molecular complexity index is 754. The number of nitro benzene ring substituents is 1. The molecule has 0 aromatic heterocycles. The summed E-state index contributed by atoms with van der Waals surface area (Å²) in [5, 5.41) is 14.3. The third-order valence-electron chi connectivity index (χ3n) is 4.30. The molecule has 0 radical (unpaired) electrons. The van der Waals surface area contributed by atoms with Gasteiger partial charge in [0.2, 0.25) is 0 Å². The lowest BCUT2D eigenvalue weighted by atomic mass is 9.91. The summed E-state index contributed by atoms with van der Waals surface area (Å²) in [5.74, 6) is -0.192. The minimum atomic E-state index is -0.426. The first-order valence-electron chi connectivity index (χ1n) is 7.88. The Labute approximate surface area is 141 Å². The van der Waals surface area contributed by atoms with Crippen molar-refractivity contribution in [2.75, 3.05) is 5.32 Å². The second-order valence-electron chi connectivity index (χ2n) is 6.19. The second kappa shape index (κ2) is 7.25. The summed E-state index contributed by atoms with van der Waals surface area (Å²) in [6, 6.07) is 12.2. The molecule has 24 heavy (non-hydrogen) atoms. The van der Waals surface area contributed by atoms with E-state index in [4.69, 9.17) is 0 Å². The number of hydrogen-bond donors (Lipinski definition) is 1. The topological polar surface area (TPSA) is 72.2 Å². The largest absolute Gasteiger partial charge is 0.377 e. The Kier molecular flexibility index (Phi) is 5.34. The summed E-state index contributed by atoms with van der Waals surface area (Å²) in [6.07, 6.45) is 0. The molecule has 2 atom stereocenters. The molecule has 0 aliphatic carbocycles. The van der Waals surface area contributed by atoms with E-state index in [9.17, 15) is 14.9 Å². The third-order valence-corrected chi connectivity index (χ3v) is 4.30. The van der Waals surface area contributed by atoms with Crippen molar-refractivity contribution in [1.29, 1.82) is 0 Å². The van der Waals surface area contributed by atoms with E-state index in [1.54, 1.807) is 19.1 Å². The average Bonchev–Trinajstić information content (AvgIpc) is 2.53. The molecule has 0 saturated heterocycles. The van der Waals surface area contributed by atoms with E-state index < -0.39 is 4.92 Å². The second-order valence-corrected chi connectivity index (χ2v) is 6.19. The number of non-ortho nitro benzene ring substituents is 1. The monoisotopic (exact) mass is 326 g/mol. The maximum atomic E-state index is 11.9. The molecule has 2 rings (SSSR count). The number of benzene rings is 2. The molecule has 1 N–H and O–H groups in total. The lowest BCUT2D eigenvalue weighted by Gasteiger charge is -2.26. The zero-order valence-electron chi connectivity index (χ0n) is 14.4. The number of carbonyl (C=O) groups excluding carboxylic acids is 1. The van der Waals surface area contributed by atoms with Crippen LogP contribution in [-0.2, 0) is 4.79 Å². The maximum absolute atomic E-state index is 11.9. The Morgan fingerprint density at radius 1 is 1.12 bits per heavy atom. The molecular formula is C19H22N2O3. The highest BCUT2D eigenvalue weighted by atomic mass is 16.6. The van der Waals surface area contributed by atoms with Crippen LogP contribution >= 0.6 is 0 Å². The Morgan fingerprint density at radius 3 is 2.25 bits per heavy atom. The predicted octanol–water partition coefficient (Wildman–Crippen LogP) is 4.59. The van der Waals surface area contributed by atoms with E-state index in [1.807, 2.05) is 32.9 Å². The smallest absolute Gasteiger partial charge is 0.269 e. The Balaban J connectivity index is 2.37. The van der Waals surface area contributed by atoms with Gasteiger partial charge in [0.1, 0.15) is 5.78 Å². The zero-order valence-corrected chi connectivity index (χ0v) is 14.4. The SMILES string of the molecule is CC(=O)[C@H](C)[C@@H](Nc1ccc(C)cc1C)c1ccc([N+](=O)[O-])cc1. The molecule has 126 valence electrons. The average molecular weight is 326 g/mol. The first kappa shape index (κ1) is 17.7. The van der Waals surface area contributed by atoms with Crippen LogP contribution in [-0.4, -0.2) is 10.7 Å². The molecule has 0 aliphatic heterocycles. The summed E-state index contributed by atoms with van der Waals surface area (Å²) in [5.41, 5.74) is 4.11.